The highest BCUT2D eigenvalue weighted by molar-refractivity contribution is 6.34. The van der Waals surface area contributed by atoms with E-state index in [2.05, 4.69) is 19.2 Å². The molecule has 1 aliphatic rings. The van der Waals surface area contributed by atoms with Crippen molar-refractivity contribution < 1.29 is 9.59 Å². The summed E-state index contributed by atoms with van der Waals surface area (Å²) in [6.07, 6.45) is 2.24. The molecule has 0 radical (unpaired) electrons. The molecule has 1 rings (SSSR count). The molecular formula is C9H17N3O2. The minimum Gasteiger partial charge on any atom is -0.347 e. The highest BCUT2D eigenvalue weighted by atomic mass is 16.2. The lowest BCUT2D eigenvalue weighted by Gasteiger charge is -2.19. The average molecular weight is 199 g/mol. The molecule has 5 nitrogen and oxygen atoms in total. The lowest BCUT2D eigenvalue weighted by Crippen LogP contribution is -2.45. The van der Waals surface area contributed by atoms with E-state index in [1.807, 2.05) is 0 Å². The van der Waals surface area contributed by atoms with Crippen LogP contribution in [0, 0.1) is 11.3 Å². The molecular weight excluding hydrogens is 182 g/mol. The molecule has 5 heteroatoms. The summed E-state index contributed by atoms with van der Waals surface area (Å²) in [5, 5.41) is 2.59. The lowest BCUT2D eigenvalue weighted by molar-refractivity contribution is -0.139. The molecule has 0 aromatic rings. The van der Waals surface area contributed by atoms with Gasteiger partial charge in [0, 0.05) is 6.54 Å². The largest absolute Gasteiger partial charge is 0.347 e. The van der Waals surface area contributed by atoms with E-state index in [1.54, 1.807) is 5.43 Å². The van der Waals surface area contributed by atoms with Gasteiger partial charge in [-0.15, -0.1) is 0 Å². The number of amides is 2. The molecule has 0 unspecified atom stereocenters. The second-order valence-corrected chi connectivity index (χ2v) is 4.17. The second kappa shape index (κ2) is 3.96. The lowest BCUT2D eigenvalue weighted by atomic mass is 9.92. The van der Waals surface area contributed by atoms with E-state index in [1.165, 1.54) is 0 Å². The summed E-state index contributed by atoms with van der Waals surface area (Å²) < 4.78 is 0. The maximum absolute atomic E-state index is 11.1. The summed E-state index contributed by atoms with van der Waals surface area (Å²) in [4.78, 5) is 21.8. The van der Waals surface area contributed by atoms with Crippen LogP contribution in [0.1, 0.15) is 26.7 Å². The Labute approximate surface area is 83.4 Å². The smallest absolute Gasteiger partial charge is 0.323 e. The van der Waals surface area contributed by atoms with E-state index in [0.29, 0.717) is 12.5 Å². The van der Waals surface area contributed by atoms with Gasteiger partial charge >= 0.3 is 11.8 Å². The van der Waals surface area contributed by atoms with Crippen LogP contribution in [-0.2, 0) is 9.59 Å². The first kappa shape index (κ1) is 11.0. The Morgan fingerprint density at radius 1 is 1.36 bits per heavy atom. The Hall–Kier alpha value is -1.10. The van der Waals surface area contributed by atoms with Crippen LogP contribution >= 0.6 is 0 Å². The van der Waals surface area contributed by atoms with Gasteiger partial charge in [0.25, 0.3) is 0 Å². The molecule has 0 bridgehead atoms. The zero-order valence-electron chi connectivity index (χ0n) is 8.59. The molecule has 1 aliphatic carbocycles. The monoisotopic (exact) mass is 199 g/mol. The van der Waals surface area contributed by atoms with Gasteiger partial charge in [-0.05, 0) is 24.2 Å². The molecule has 0 aromatic heterocycles. The van der Waals surface area contributed by atoms with Crippen LogP contribution in [0.5, 0.6) is 0 Å². The van der Waals surface area contributed by atoms with Gasteiger partial charge in [0.05, 0.1) is 0 Å². The summed E-state index contributed by atoms with van der Waals surface area (Å²) >= 11 is 0. The van der Waals surface area contributed by atoms with Gasteiger partial charge in [-0.2, -0.15) is 0 Å². The van der Waals surface area contributed by atoms with Crippen molar-refractivity contribution in [3.8, 4) is 0 Å². The summed E-state index contributed by atoms with van der Waals surface area (Å²) in [5.74, 6) is 3.92. The molecule has 0 heterocycles. The van der Waals surface area contributed by atoms with Gasteiger partial charge in [-0.1, -0.05) is 13.8 Å². The van der Waals surface area contributed by atoms with E-state index in [9.17, 15) is 9.59 Å². The van der Waals surface area contributed by atoms with Gasteiger partial charge in [-0.25, -0.2) is 5.84 Å². The molecule has 0 aliphatic heterocycles. The highest BCUT2D eigenvalue weighted by Crippen LogP contribution is 2.51. The number of carbonyl (C=O) groups is 2. The van der Waals surface area contributed by atoms with Crippen LogP contribution in [0.15, 0.2) is 0 Å². The van der Waals surface area contributed by atoms with E-state index >= 15 is 0 Å². The third-order valence-corrected chi connectivity index (χ3v) is 3.06. The first-order chi connectivity index (χ1) is 6.52. The SMILES string of the molecule is CC(C)C1(CNC(=O)C(=O)NN)CC1. The van der Waals surface area contributed by atoms with Gasteiger partial charge in [0.15, 0.2) is 0 Å². The number of hydrogen-bond acceptors (Lipinski definition) is 3. The van der Waals surface area contributed by atoms with E-state index in [4.69, 9.17) is 5.84 Å². The number of nitrogens with two attached hydrogens (primary N) is 1. The first-order valence-electron chi connectivity index (χ1n) is 4.80. The first-order valence-corrected chi connectivity index (χ1v) is 4.80. The van der Waals surface area contributed by atoms with E-state index in [0.717, 1.165) is 12.8 Å². The molecule has 0 spiro atoms. The fraction of sp³-hybridized carbons (Fsp3) is 0.778. The number of hydrazine groups is 1. The summed E-state index contributed by atoms with van der Waals surface area (Å²) in [6.45, 7) is 4.82. The number of carbonyl (C=O) groups excluding carboxylic acids is 2. The Morgan fingerprint density at radius 2 is 1.93 bits per heavy atom. The average Bonchev–Trinajstić information content (AvgIpc) is 2.93. The van der Waals surface area contributed by atoms with Crippen LogP contribution in [-0.4, -0.2) is 18.4 Å². The van der Waals surface area contributed by atoms with Gasteiger partial charge in [0.1, 0.15) is 0 Å². The van der Waals surface area contributed by atoms with Crippen molar-refractivity contribution in [1.82, 2.24) is 10.7 Å². The number of rotatable bonds is 3. The van der Waals surface area contributed by atoms with Crippen molar-refractivity contribution in [1.29, 1.82) is 0 Å². The van der Waals surface area contributed by atoms with Gasteiger partial charge in [0.2, 0.25) is 0 Å². The van der Waals surface area contributed by atoms with Crippen molar-refractivity contribution in [2.45, 2.75) is 26.7 Å². The van der Waals surface area contributed by atoms with Crippen molar-refractivity contribution in [3.63, 3.8) is 0 Å². The zero-order valence-corrected chi connectivity index (χ0v) is 8.59. The normalized spacial score (nSPS) is 17.7. The van der Waals surface area contributed by atoms with Crippen LogP contribution in [0.25, 0.3) is 0 Å². The number of nitrogens with one attached hydrogen (secondary N) is 2. The Kier molecular flexibility index (Phi) is 3.10. The highest BCUT2D eigenvalue weighted by Gasteiger charge is 2.45. The summed E-state index contributed by atoms with van der Waals surface area (Å²) in [5.41, 5.74) is 2.01. The molecule has 14 heavy (non-hydrogen) atoms. The Bertz CT molecular complexity index is 246. The fourth-order valence-corrected chi connectivity index (χ4v) is 1.52. The van der Waals surface area contributed by atoms with Crippen molar-refractivity contribution >= 4 is 11.8 Å². The molecule has 0 saturated heterocycles. The minimum atomic E-state index is -0.787. The molecule has 4 N–H and O–H groups in total. The second-order valence-electron chi connectivity index (χ2n) is 4.17. The number of hydrogen-bond donors (Lipinski definition) is 3. The predicted molar refractivity (Wildman–Crippen MR) is 51.8 cm³/mol. The molecule has 0 atom stereocenters. The maximum Gasteiger partial charge on any atom is 0.323 e. The minimum absolute atomic E-state index is 0.213. The maximum atomic E-state index is 11.1. The van der Waals surface area contributed by atoms with Crippen LogP contribution in [0.2, 0.25) is 0 Å². The standard InChI is InChI=1S/C9H17N3O2/c1-6(2)9(3-4-9)5-11-7(13)8(14)12-10/h6H,3-5,10H2,1-2H3,(H,11,13)(H,12,14). The fourth-order valence-electron chi connectivity index (χ4n) is 1.52. The summed E-state index contributed by atoms with van der Waals surface area (Å²) in [7, 11) is 0. The Morgan fingerprint density at radius 3 is 2.29 bits per heavy atom. The van der Waals surface area contributed by atoms with Crippen molar-refractivity contribution in [3.05, 3.63) is 0 Å². The molecule has 80 valence electrons. The third-order valence-electron chi connectivity index (χ3n) is 3.06. The van der Waals surface area contributed by atoms with Crippen LogP contribution in [0.4, 0.5) is 0 Å². The molecule has 1 saturated carbocycles. The summed E-state index contributed by atoms with van der Waals surface area (Å²) in [6, 6.07) is 0. The third kappa shape index (κ3) is 2.23. The zero-order chi connectivity index (χ0) is 10.8. The van der Waals surface area contributed by atoms with Crippen molar-refractivity contribution in [2.24, 2.45) is 17.2 Å². The van der Waals surface area contributed by atoms with E-state index < -0.39 is 11.8 Å². The molecule has 0 aromatic carbocycles. The van der Waals surface area contributed by atoms with Crippen molar-refractivity contribution in [2.75, 3.05) is 6.54 Å². The Balaban J connectivity index is 2.34. The van der Waals surface area contributed by atoms with Gasteiger partial charge in [-0.3, -0.25) is 15.0 Å². The topological polar surface area (TPSA) is 84.2 Å². The van der Waals surface area contributed by atoms with Gasteiger partial charge < -0.3 is 5.32 Å². The van der Waals surface area contributed by atoms with Crippen LogP contribution in [0.3, 0.4) is 0 Å². The predicted octanol–water partition coefficient (Wildman–Crippen LogP) is -0.471. The quantitative estimate of drug-likeness (QED) is 0.248. The molecule has 1 fully saturated rings. The molecule has 2 amide bonds. The van der Waals surface area contributed by atoms with Crippen LogP contribution < -0.4 is 16.6 Å². The van der Waals surface area contributed by atoms with E-state index in [-0.39, 0.29) is 5.41 Å².